The Hall–Kier alpha value is -6.89. The molecule has 6 heterocycles. The first kappa shape index (κ1) is 40.5. The number of nitrogens with zero attached hydrogens (tertiary/aromatic N) is 7. The molecule has 9 rings (SSSR count). The largest absolute Gasteiger partial charge is 0.493 e. The van der Waals surface area contributed by atoms with Crippen LogP contribution in [-0.4, -0.2) is 89.8 Å². The Morgan fingerprint density at radius 2 is 1.68 bits per heavy atom. The second-order valence-corrected chi connectivity index (χ2v) is 15.7. The van der Waals surface area contributed by atoms with Crippen LogP contribution in [0.2, 0.25) is 0 Å². The predicted molar refractivity (Wildman–Crippen MR) is 220 cm³/mol. The predicted octanol–water partition coefficient (Wildman–Crippen LogP) is 5.23. The van der Waals surface area contributed by atoms with E-state index < -0.39 is 47.1 Å². The van der Waals surface area contributed by atoms with Gasteiger partial charge in [-0.15, -0.1) is 0 Å². The Labute approximate surface area is 352 Å². The summed E-state index contributed by atoms with van der Waals surface area (Å²) in [5.74, 6) is -3.39. The van der Waals surface area contributed by atoms with Gasteiger partial charge in [0, 0.05) is 25.6 Å². The van der Waals surface area contributed by atoms with Crippen molar-refractivity contribution < 1.29 is 37.1 Å². The van der Waals surface area contributed by atoms with Gasteiger partial charge in [-0.25, -0.2) is 23.1 Å². The van der Waals surface area contributed by atoms with Crippen molar-refractivity contribution in [1.29, 1.82) is 0 Å². The van der Waals surface area contributed by atoms with Gasteiger partial charge in [-0.3, -0.25) is 34.0 Å². The number of unbranched alkanes of at least 4 members (excludes halogenated alkanes) is 3. The van der Waals surface area contributed by atoms with Crippen LogP contribution in [0, 0.1) is 17.5 Å². The number of imidazole rings is 2. The van der Waals surface area contributed by atoms with Gasteiger partial charge in [0.2, 0.25) is 17.8 Å². The summed E-state index contributed by atoms with van der Waals surface area (Å²) in [6.07, 6.45) is 5.98. The zero-order valence-corrected chi connectivity index (χ0v) is 33.4. The lowest BCUT2D eigenvalue weighted by Gasteiger charge is -2.30. The van der Waals surface area contributed by atoms with Crippen LogP contribution < -0.4 is 26.0 Å². The molecule has 1 unspecified atom stereocenters. The van der Waals surface area contributed by atoms with E-state index in [1.54, 1.807) is 41.2 Å². The Balaban J connectivity index is 0.819. The Morgan fingerprint density at radius 3 is 2.48 bits per heavy atom. The Morgan fingerprint density at radius 1 is 0.871 bits per heavy atom. The van der Waals surface area contributed by atoms with Crippen LogP contribution in [0.1, 0.15) is 83.5 Å². The molecule has 2 saturated heterocycles. The average Bonchev–Trinajstić information content (AvgIpc) is 3.96. The van der Waals surface area contributed by atoms with Crippen molar-refractivity contribution in [3.8, 4) is 11.4 Å². The summed E-state index contributed by atoms with van der Waals surface area (Å²) in [6, 6.07) is 11.4. The maximum atomic E-state index is 15.4. The Kier molecular flexibility index (Phi) is 11.0. The molecule has 0 aliphatic carbocycles. The lowest BCUT2D eigenvalue weighted by Crippen LogP contribution is -2.54. The molecule has 3 aliphatic heterocycles. The minimum atomic E-state index is -1.08. The molecule has 3 aliphatic rings. The minimum absolute atomic E-state index is 0.0218. The molecule has 19 heteroatoms. The number of nitrogens with one attached hydrogen (secondary N) is 3. The Bertz CT molecular complexity index is 2750. The highest BCUT2D eigenvalue weighted by Gasteiger charge is 2.46. The number of amides is 4. The summed E-state index contributed by atoms with van der Waals surface area (Å²) in [4.78, 5) is 75.0. The molecule has 6 aromatic rings. The number of aryl methyl sites for hydroxylation is 1. The number of anilines is 2. The number of nitrogens with two attached hydrogens (primary N) is 1. The van der Waals surface area contributed by atoms with Gasteiger partial charge in [0.05, 0.1) is 35.5 Å². The third-order valence-electron chi connectivity index (χ3n) is 11.5. The van der Waals surface area contributed by atoms with Crippen molar-refractivity contribution in [2.24, 2.45) is 5.73 Å². The van der Waals surface area contributed by atoms with E-state index in [4.69, 9.17) is 20.4 Å². The number of aromatic amines is 1. The fourth-order valence-corrected chi connectivity index (χ4v) is 8.25. The van der Waals surface area contributed by atoms with Gasteiger partial charge in [-0.2, -0.15) is 9.97 Å². The van der Waals surface area contributed by atoms with E-state index in [0.717, 1.165) is 17.7 Å². The smallest absolute Gasteiger partial charge is 0.266 e. The normalized spacial score (nSPS) is 17.1. The van der Waals surface area contributed by atoms with Crippen LogP contribution >= 0.6 is 0 Å². The molecule has 4 amide bonds. The van der Waals surface area contributed by atoms with E-state index in [-0.39, 0.29) is 66.4 Å². The molecule has 16 nitrogen and oxygen atoms in total. The molecule has 2 fully saturated rings. The van der Waals surface area contributed by atoms with Crippen LogP contribution in [0.4, 0.5) is 24.9 Å². The van der Waals surface area contributed by atoms with Crippen LogP contribution in [0.3, 0.4) is 0 Å². The molecule has 3 aromatic heterocycles. The second kappa shape index (κ2) is 16.9. The summed E-state index contributed by atoms with van der Waals surface area (Å²) in [7, 11) is 0. The highest BCUT2D eigenvalue weighted by molar-refractivity contribution is 6.24. The highest BCUT2D eigenvalue weighted by Crippen LogP contribution is 2.34. The fraction of sp³-hybridized carbons (Fsp3) is 0.349. The average molecular weight is 850 g/mol. The van der Waals surface area contributed by atoms with E-state index in [9.17, 15) is 23.6 Å². The van der Waals surface area contributed by atoms with E-state index >= 15 is 8.78 Å². The summed E-state index contributed by atoms with van der Waals surface area (Å²) >= 11 is 0. The molecule has 0 radical (unpaired) electrons. The molecular formula is C43H42F3N11O5. The standard InChI is InChI=1S/C43H42F3N11O5/c44-24-8-5-9-26(20-24)56-22-49-37-38(53-43(54-39(37)56)55-16-14-25(47)15-17-55)48-21-31-50-28-19-23(34(45)35(46)36(28)51-31)7-3-1-2-4-18-62-30-11-6-10-27-33(30)42(61)57(41(27)60)29-12-13-32(58)52-40(29)59/h5-6,8-11,19-20,22,25,29H,1-4,7,12-18,21,47H2,(H,50,51)(H,48,53,54)(H,52,58,59). The number of fused-ring (bicyclic) bond motifs is 3. The molecule has 0 spiro atoms. The zero-order chi connectivity index (χ0) is 43.1. The lowest BCUT2D eigenvalue weighted by molar-refractivity contribution is -0.136. The van der Waals surface area contributed by atoms with Gasteiger partial charge in [-0.05, 0) is 80.5 Å². The van der Waals surface area contributed by atoms with Crippen molar-refractivity contribution in [2.75, 3.05) is 29.9 Å². The van der Waals surface area contributed by atoms with Crippen molar-refractivity contribution in [3.05, 3.63) is 94.8 Å². The minimum Gasteiger partial charge on any atom is -0.493 e. The second-order valence-electron chi connectivity index (χ2n) is 15.7. The van der Waals surface area contributed by atoms with Gasteiger partial charge in [0.1, 0.15) is 35.3 Å². The van der Waals surface area contributed by atoms with Gasteiger partial charge in [0.25, 0.3) is 11.8 Å². The van der Waals surface area contributed by atoms with Gasteiger partial charge in [-0.1, -0.05) is 25.0 Å². The van der Waals surface area contributed by atoms with Crippen molar-refractivity contribution >= 4 is 57.6 Å². The molecular weight excluding hydrogens is 808 g/mol. The summed E-state index contributed by atoms with van der Waals surface area (Å²) in [6.45, 7) is 1.62. The molecule has 1 atom stereocenters. The number of carbonyl (C=O) groups excluding carboxylic acids is 4. The maximum Gasteiger partial charge on any atom is 0.266 e. The third kappa shape index (κ3) is 7.78. The van der Waals surface area contributed by atoms with E-state index in [0.29, 0.717) is 78.7 Å². The SMILES string of the molecule is NC1CCN(c2nc(NCc3nc4c(F)c(F)c(CCCCCCOc5cccc6c5C(=O)N(C5CCC(=O)NC5=O)C6=O)cc4[nH]3)c3ncn(-c4cccc(F)c4)c3n2)CC1. The summed E-state index contributed by atoms with van der Waals surface area (Å²) in [5.41, 5.74) is 8.23. The molecule has 0 bridgehead atoms. The number of piperidine rings is 2. The first-order valence-corrected chi connectivity index (χ1v) is 20.6. The zero-order valence-electron chi connectivity index (χ0n) is 33.4. The van der Waals surface area contributed by atoms with E-state index in [1.165, 1.54) is 18.2 Å². The van der Waals surface area contributed by atoms with Gasteiger partial charge >= 0.3 is 0 Å². The number of hydrogen-bond acceptors (Lipinski definition) is 12. The van der Waals surface area contributed by atoms with E-state index in [1.807, 2.05) is 4.90 Å². The highest BCUT2D eigenvalue weighted by atomic mass is 19.2. The van der Waals surface area contributed by atoms with Gasteiger partial charge in [0.15, 0.2) is 28.6 Å². The first-order chi connectivity index (χ1) is 30.0. The monoisotopic (exact) mass is 849 g/mol. The number of H-pyrrole nitrogens is 1. The number of ether oxygens (including phenoxy) is 1. The topological polar surface area (TPSA) is 206 Å². The van der Waals surface area contributed by atoms with Crippen molar-refractivity contribution in [1.82, 2.24) is 39.7 Å². The van der Waals surface area contributed by atoms with Gasteiger partial charge < -0.3 is 25.7 Å². The number of imide groups is 2. The van der Waals surface area contributed by atoms with E-state index in [2.05, 4.69) is 25.6 Å². The lowest BCUT2D eigenvalue weighted by atomic mass is 10.0. The number of carbonyl (C=O) groups is 4. The number of benzene rings is 3. The number of aromatic nitrogens is 6. The fourth-order valence-electron chi connectivity index (χ4n) is 8.25. The third-order valence-corrected chi connectivity index (χ3v) is 11.5. The molecule has 0 saturated carbocycles. The quantitative estimate of drug-likeness (QED) is 0.0822. The first-order valence-electron chi connectivity index (χ1n) is 20.6. The number of rotatable bonds is 14. The van der Waals surface area contributed by atoms with Crippen LogP contribution in [0.15, 0.2) is 54.9 Å². The van der Waals surface area contributed by atoms with Crippen LogP contribution in [-0.2, 0) is 22.6 Å². The van der Waals surface area contributed by atoms with Crippen LogP contribution in [0.5, 0.6) is 5.75 Å². The molecule has 320 valence electrons. The van der Waals surface area contributed by atoms with Crippen LogP contribution in [0.25, 0.3) is 27.9 Å². The molecule has 3 aromatic carbocycles. The summed E-state index contributed by atoms with van der Waals surface area (Å²) < 4.78 is 52.6. The summed E-state index contributed by atoms with van der Waals surface area (Å²) in [5, 5.41) is 5.44. The maximum absolute atomic E-state index is 15.4. The number of hydrogen-bond donors (Lipinski definition) is 4. The number of halogens is 3. The van der Waals surface area contributed by atoms with Crippen molar-refractivity contribution in [2.45, 2.75) is 76.4 Å². The van der Waals surface area contributed by atoms with Crippen molar-refractivity contribution in [3.63, 3.8) is 0 Å². The molecule has 62 heavy (non-hydrogen) atoms. The molecule has 5 N–H and O–H groups in total.